The molecular formula is C29H40BN5O5. The third-order valence-electron chi connectivity index (χ3n) is 8.97. The van der Waals surface area contributed by atoms with Gasteiger partial charge in [-0.2, -0.15) is 5.10 Å². The molecule has 3 aromatic rings. The van der Waals surface area contributed by atoms with Crippen molar-refractivity contribution in [2.75, 3.05) is 32.8 Å². The number of amides is 1. The van der Waals surface area contributed by atoms with Gasteiger partial charge < -0.3 is 23.4 Å². The Kier molecular flexibility index (Phi) is 7.05. The summed E-state index contributed by atoms with van der Waals surface area (Å²) >= 11 is 0. The predicted octanol–water partition coefficient (Wildman–Crippen LogP) is 3.86. The molecule has 10 nitrogen and oxygen atoms in total. The Morgan fingerprint density at radius 3 is 2.40 bits per heavy atom. The van der Waals surface area contributed by atoms with Gasteiger partial charge in [-0.25, -0.2) is 9.67 Å². The maximum absolute atomic E-state index is 13.3. The molecule has 1 atom stereocenters. The zero-order valence-electron chi connectivity index (χ0n) is 24.5. The number of fused-ring (bicyclic) bond motifs is 1. The quantitative estimate of drug-likeness (QED) is 0.443. The van der Waals surface area contributed by atoms with Crippen LogP contribution in [0.2, 0.25) is 0 Å². The van der Waals surface area contributed by atoms with Crippen LogP contribution in [0.15, 0.2) is 28.9 Å². The first-order valence-electron chi connectivity index (χ1n) is 14.5. The van der Waals surface area contributed by atoms with Crippen molar-refractivity contribution in [1.82, 2.24) is 24.6 Å². The molecule has 1 unspecified atom stereocenters. The molecule has 3 saturated heterocycles. The van der Waals surface area contributed by atoms with Crippen LogP contribution in [0.1, 0.15) is 77.6 Å². The van der Waals surface area contributed by atoms with Gasteiger partial charge in [0.1, 0.15) is 0 Å². The van der Waals surface area contributed by atoms with Crippen LogP contribution in [-0.2, 0) is 14.0 Å². The Labute approximate surface area is 236 Å². The maximum Gasteiger partial charge on any atom is 0.494 e. The molecule has 0 aliphatic carbocycles. The summed E-state index contributed by atoms with van der Waals surface area (Å²) in [7, 11) is -0.572. The topological polar surface area (TPSA) is 95.1 Å². The molecule has 3 aliphatic heterocycles. The number of carbonyl (C=O) groups excluding carboxylic acids is 1. The van der Waals surface area contributed by atoms with Gasteiger partial charge in [0.2, 0.25) is 11.7 Å². The number of ether oxygens (including phenoxy) is 1. The monoisotopic (exact) mass is 549 g/mol. The Morgan fingerprint density at radius 2 is 1.75 bits per heavy atom. The molecule has 0 spiro atoms. The Bertz CT molecular complexity index is 1370. The molecule has 0 saturated carbocycles. The highest BCUT2D eigenvalue weighted by atomic mass is 16.7. The van der Waals surface area contributed by atoms with Gasteiger partial charge in [-0.05, 0) is 78.4 Å². The highest BCUT2D eigenvalue weighted by Crippen LogP contribution is 2.38. The second-order valence-electron chi connectivity index (χ2n) is 12.5. The summed E-state index contributed by atoms with van der Waals surface area (Å²) in [5.41, 5.74) is 1.51. The molecule has 0 bridgehead atoms. The molecule has 11 heteroatoms. The molecule has 5 heterocycles. The summed E-state index contributed by atoms with van der Waals surface area (Å²) in [6, 6.07) is 4.52. The van der Waals surface area contributed by atoms with Gasteiger partial charge in [0, 0.05) is 49.8 Å². The first-order chi connectivity index (χ1) is 19.0. The van der Waals surface area contributed by atoms with Gasteiger partial charge in [0.25, 0.3) is 5.91 Å². The van der Waals surface area contributed by atoms with Crippen molar-refractivity contribution in [2.45, 2.75) is 84.3 Å². The molecule has 0 N–H and O–H groups in total. The Hall–Kier alpha value is -2.73. The fraction of sp³-hybridized carbons (Fsp3) is 0.621. The SMILES string of the molecule is CC(C)N1CCN(C(=O)c2cnc(-c3cc(B4OC(C)(C)C(C)(C)O4)cc4c3cnn4C3CCCCO3)o2)CC1. The van der Waals surface area contributed by atoms with E-state index in [9.17, 15) is 4.79 Å². The van der Waals surface area contributed by atoms with Gasteiger partial charge in [-0.15, -0.1) is 0 Å². The van der Waals surface area contributed by atoms with Gasteiger partial charge >= 0.3 is 7.12 Å². The first kappa shape index (κ1) is 27.4. The molecule has 3 fully saturated rings. The van der Waals surface area contributed by atoms with Crippen molar-refractivity contribution in [3.8, 4) is 11.5 Å². The molecular weight excluding hydrogens is 509 g/mol. The van der Waals surface area contributed by atoms with Crippen molar-refractivity contribution in [3.63, 3.8) is 0 Å². The fourth-order valence-corrected chi connectivity index (χ4v) is 5.70. The molecule has 2 aromatic heterocycles. The number of carbonyl (C=O) groups is 1. The minimum absolute atomic E-state index is 0.133. The van der Waals surface area contributed by atoms with Crippen LogP contribution in [0.3, 0.4) is 0 Å². The predicted molar refractivity (Wildman–Crippen MR) is 152 cm³/mol. The molecule has 0 radical (unpaired) electrons. The summed E-state index contributed by atoms with van der Waals surface area (Å²) in [6.07, 6.45) is 6.27. The standard InChI is InChI=1S/C29H40BN5O5/c1-19(2)33-10-12-34(13-11-33)27(36)24-18-31-26(38-24)21-15-20(30-39-28(3,4)29(5,6)40-30)16-23-22(21)17-32-35(23)25-9-7-8-14-37-25/h15-19,25H,7-14H2,1-6H3. The van der Waals surface area contributed by atoms with Crippen LogP contribution in [0, 0.1) is 0 Å². The Balaban J connectivity index is 1.36. The van der Waals surface area contributed by atoms with E-state index in [2.05, 4.69) is 29.8 Å². The molecule has 3 aliphatic rings. The van der Waals surface area contributed by atoms with Gasteiger partial charge in [0.05, 0.1) is 29.1 Å². The molecule has 6 rings (SSSR count). The van der Waals surface area contributed by atoms with Crippen LogP contribution in [-0.4, -0.2) is 87.6 Å². The van der Waals surface area contributed by atoms with E-state index in [-0.39, 0.29) is 17.9 Å². The van der Waals surface area contributed by atoms with E-state index in [0.717, 1.165) is 54.3 Å². The molecule has 1 aromatic carbocycles. The number of hydrogen-bond donors (Lipinski definition) is 0. The summed E-state index contributed by atoms with van der Waals surface area (Å²) < 4.78 is 27.0. The van der Waals surface area contributed by atoms with E-state index >= 15 is 0 Å². The van der Waals surface area contributed by atoms with Crippen LogP contribution < -0.4 is 5.46 Å². The average Bonchev–Trinajstić information content (AvgIpc) is 3.64. The van der Waals surface area contributed by atoms with Crippen molar-refractivity contribution >= 4 is 29.4 Å². The molecule has 40 heavy (non-hydrogen) atoms. The minimum atomic E-state index is -0.572. The zero-order chi connectivity index (χ0) is 28.2. The third-order valence-corrected chi connectivity index (χ3v) is 8.97. The van der Waals surface area contributed by atoms with Gasteiger partial charge in [-0.3, -0.25) is 9.69 Å². The number of benzene rings is 1. The van der Waals surface area contributed by atoms with Crippen molar-refractivity contribution in [1.29, 1.82) is 0 Å². The third kappa shape index (κ3) is 4.87. The van der Waals surface area contributed by atoms with E-state index < -0.39 is 18.3 Å². The number of nitrogens with zero attached hydrogens (tertiary/aromatic N) is 5. The highest BCUT2D eigenvalue weighted by Gasteiger charge is 2.52. The Morgan fingerprint density at radius 1 is 1.02 bits per heavy atom. The summed E-state index contributed by atoms with van der Waals surface area (Å²) in [5.74, 6) is 0.480. The summed E-state index contributed by atoms with van der Waals surface area (Å²) in [5, 5.41) is 5.60. The normalized spacial score (nSPS) is 23.4. The van der Waals surface area contributed by atoms with E-state index in [4.69, 9.17) is 23.6 Å². The smallest absolute Gasteiger partial charge is 0.431 e. The van der Waals surface area contributed by atoms with Crippen molar-refractivity contribution in [2.24, 2.45) is 0 Å². The maximum atomic E-state index is 13.3. The first-order valence-corrected chi connectivity index (χ1v) is 14.5. The van der Waals surface area contributed by atoms with Crippen LogP contribution in [0.4, 0.5) is 0 Å². The van der Waals surface area contributed by atoms with Crippen LogP contribution in [0.5, 0.6) is 0 Å². The second kappa shape index (κ2) is 10.3. The minimum Gasteiger partial charge on any atom is -0.431 e. The number of hydrogen-bond acceptors (Lipinski definition) is 8. The van der Waals surface area contributed by atoms with E-state index in [1.165, 1.54) is 6.20 Å². The molecule has 214 valence electrons. The fourth-order valence-electron chi connectivity index (χ4n) is 5.70. The molecule has 1 amide bonds. The van der Waals surface area contributed by atoms with E-state index in [0.29, 0.717) is 31.6 Å². The lowest BCUT2D eigenvalue weighted by atomic mass is 9.77. The number of piperazine rings is 1. The van der Waals surface area contributed by atoms with Crippen molar-refractivity contribution in [3.05, 3.63) is 30.3 Å². The number of aromatic nitrogens is 3. The lowest BCUT2D eigenvalue weighted by Gasteiger charge is -2.36. The highest BCUT2D eigenvalue weighted by molar-refractivity contribution is 6.62. The van der Waals surface area contributed by atoms with E-state index in [1.54, 1.807) is 0 Å². The lowest BCUT2D eigenvalue weighted by molar-refractivity contribution is -0.0366. The van der Waals surface area contributed by atoms with Gasteiger partial charge in [0.15, 0.2) is 6.23 Å². The number of rotatable bonds is 5. The van der Waals surface area contributed by atoms with Gasteiger partial charge in [-0.1, -0.05) is 0 Å². The summed E-state index contributed by atoms with van der Waals surface area (Å²) in [4.78, 5) is 22.1. The average molecular weight is 549 g/mol. The van der Waals surface area contributed by atoms with Crippen LogP contribution in [0.25, 0.3) is 22.4 Å². The van der Waals surface area contributed by atoms with E-state index in [1.807, 2.05) is 49.5 Å². The zero-order valence-corrected chi connectivity index (χ0v) is 24.5. The second-order valence-corrected chi connectivity index (χ2v) is 12.5. The van der Waals surface area contributed by atoms with Crippen molar-refractivity contribution < 1.29 is 23.3 Å². The largest absolute Gasteiger partial charge is 0.494 e. The van der Waals surface area contributed by atoms with Crippen LogP contribution >= 0.6 is 0 Å². The number of oxazole rings is 1. The summed E-state index contributed by atoms with van der Waals surface area (Å²) in [6.45, 7) is 16.3. The lowest BCUT2D eigenvalue weighted by Crippen LogP contribution is -2.50.